The van der Waals surface area contributed by atoms with Gasteiger partial charge >= 0.3 is 0 Å². The van der Waals surface area contributed by atoms with Gasteiger partial charge in [-0.3, -0.25) is 4.90 Å². The standard InChI is InChI=1S/C11H19N3O.2ClH/c1-8-6-14(5-4-12-8)7-11-13-9(2)10(3)15-11;;/h8,12H,4-7H2,1-3H3;2*1H. The van der Waals surface area contributed by atoms with Crippen molar-refractivity contribution in [1.29, 1.82) is 0 Å². The topological polar surface area (TPSA) is 41.3 Å². The van der Waals surface area contributed by atoms with Crippen molar-refractivity contribution in [2.24, 2.45) is 0 Å². The van der Waals surface area contributed by atoms with E-state index in [9.17, 15) is 0 Å². The Balaban J connectivity index is 0.00000128. The van der Waals surface area contributed by atoms with Gasteiger partial charge in [0.05, 0.1) is 12.2 Å². The second-order valence-corrected chi connectivity index (χ2v) is 4.34. The number of halogens is 2. The molecule has 1 saturated heterocycles. The molecule has 1 atom stereocenters. The third-order valence-corrected chi connectivity index (χ3v) is 2.88. The van der Waals surface area contributed by atoms with Crippen molar-refractivity contribution < 1.29 is 4.42 Å². The molecule has 0 aliphatic carbocycles. The summed E-state index contributed by atoms with van der Waals surface area (Å²) < 4.78 is 5.58. The first-order valence-corrected chi connectivity index (χ1v) is 5.54. The Hall–Kier alpha value is -0.290. The van der Waals surface area contributed by atoms with Crippen molar-refractivity contribution in [3.05, 3.63) is 17.3 Å². The van der Waals surface area contributed by atoms with Crippen molar-refractivity contribution >= 4 is 24.8 Å². The molecule has 1 aromatic rings. The average molecular weight is 282 g/mol. The van der Waals surface area contributed by atoms with E-state index in [1.165, 1.54) is 0 Å². The molecule has 1 N–H and O–H groups in total. The van der Waals surface area contributed by atoms with Crippen LogP contribution in [0.25, 0.3) is 0 Å². The van der Waals surface area contributed by atoms with Crippen LogP contribution in [0.2, 0.25) is 0 Å². The van der Waals surface area contributed by atoms with Gasteiger partial charge in [0.2, 0.25) is 5.89 Å². The molecule has 2 rings (SSSR count). The SMILES string of the molecule is Cc1nc(CN2CCNC(C)C2)oc1C.Cl.Cl. The molecule has 17 heavy (non-hydrogen) atoms. The van der Waals surface area contributed by atoms with Gasteiger partial charge in [-0.1, -0.05) is 0 Å². The largest absolute Gasteiger partial charge is 0.444 e. The molecule has 0 aromatic carbocycles. The van der Waals surface area contributed by atoms with Gasteiger partial charge < -0.3 is 9.73 Å². The van der Waals surface area contributed by atoms with E-state index in [-0.39, 0.29) is 24.8 Å². The predicted molar refractivity (Wildman–Crippen MR) is 73.2 cm³/mol. The Kier molecular flexibility index (Phi) is 7.09. The van der Waals surface area contributed by atoms with Gasteiger partial charge in [-0.15, -0.1) is 24.8 Å². The Morgan fingerprint density at radius 1 is 1.41 bits per heavy atom. The van der Waals surface area contributed by atoms with Crippen LogP contribution in [0.5, 0.6) is 0 Å². The molecular formula is C11H21Cl2N3O. The van der Waals surface area contributed by atoms with Crippen molar-refractivity contribution in [3.63, 3.8) is 0 Å². The van der Waals surface area contributed by atoms with Crippen molar-refractivity contribution in [1.82, 2.24) is 15.2 Å². The van der Waals surface area contributed by atoms with E-state index >= 15 is 0 Å². The summed E-state index contributed by atoms with van der Waals surface area (Å²) in [6, 6.07) is 0.566. The van der Waals surface area contributed by atoms with Gasteiger partial charge in [-0.05, 0) is 20.8 Å². The van der Waals surface area contributed by atoms with E-state index in [1.54, 1.807) is 0 Å². The Bertz CT molecular complexity index is 324. The number of aryl methyl sites for hydroxylation is 2. The lowest BCUT2D eigenvalue weighted by Crippen LogP contribution is -2.48. The first-order chi connectivity index (χ1) is 7.15. The zero-order valence-electron chi connectivity index (χ0n) is 10.5. The summed E-state index contributed by atoms with van der Waals surface area (Å²) in [6.45, 7) is 10.2. The number of rotatable bonds is 2. The first-order valence-electron chi connectivity index (χ1n) is 5.54. The van der Waals surface area contributed by atoms with E-state index in [0.29, 0.717) is 6.04 Å². The summed E-state index contributed by atoms with van der Waals surface area (Å²) in [5.74, 6) is 1.78. The molecule has 1 unspecified atom stereocenters. The van der Waals surface area contributed by atoms with E-state index in [1.807, 2.05) is 13.8 Å². The monoisotopic (exact) mass is 281 g/mol. The maximum Gasteiger partial charge on any atom is 0.208 e. The van der Waals surface area contributed by atoms with Crippen LogP contribution >= 0.6 is 24.8 Å². The Morgan fingerprint density at radius 2 is 2.12 bits per heavy atom. The minimum absolute atomic E-state index is 0. The fraction of sp³-hybridized carbons (Fsp3) is 0.727. The fourth-order valence-electron chi connectivity index (χ4n) is 1.95. The lowest BCUT2D eigenvalue weighted by molar-refractivity contribution is 0.183. The highest BCUT2D eigenvalue weighted by atomic mass is 35.5. The van der Waals surface area contributed by atoms with E-state index in [4.69, 9.17) is 4.42 Å². The maximum absolute atomic E-state index is 5.58. The van der Waals surface area contributed by atoms with Crippen molar-refractivity contribution in [2.75, 3.05) is 19.6 Å². The van der Waals surface area contributed by atoms with Crippen molar-refractivity contribution in [2.45, 2.75) is 33.4 Å². The van der Waals surface area contributed by atoms with Gasteiger partial charge in [-0.25, -0.2) is 4.98 Å². The van der Waals surface area contributed by atoms with Gasteiger partial charge in [0.25, 0.3) is 0 Å². The Morgan fingerprint density at radius 3 is 2.65 bits per heavy atom. The molecule has 0 saturated carbocycles. The minimum Gasteiger partial charge on any atom is -0.444 e. The predicted octanol–water partition coefficient (Wildman–Crippen LogP) is 1.93. The van der Waals surface area contributed by atoms with Crippen LogP contribution < -0.4 is 5.32 Å². The molecule has 1 aromatic heterocycles. The normalized spacial score (nSPS) is 20.5. The van der Waals surface area contributed by atoms with Gasteiger partial charge in [-0.2, -0.15) is 0 Å². The second-order valence-electron chi connectivity index (χ2n) is 4.34. The summed E-state index contributed by atoms with van der Waals surface area (Å²) >= 11 is 0. The number of nitrogens with one attached hydrogen (secondary N) is 1. The minimum atomic E-state index is 0. The smallest absolute Gasteiger partial charge is 0.208 e. The van der Waals surface area contributed by atoms with E-state index in [2.05, 4.69) is 22.1 Å². The maximum atomic E-state index is 5.58. The fourth-order valence-corrected chi connectivity index (χ4v) is 1.95. The molecule has 0 spiro atoms. The van der Waals surface area contributed by atoms with Crippen LogP contribution in [-0.4, -0.2) is 35.6 Å². The Labute approximate surface area is 115 Å². The lowest BCUT2D eigenvalue weighted by atomic mass is 10.2. The summed E-state index contributed by atoms with van der Waals surface area (Å²) in [5, 5.41) is 3.42. The summed E-state index contributed by atoms with van der Waals surface area (Å²) in [7, 11) is 0. The highest BCUT2D eigenvalue weighted by molar-refractivity contribution is 5.85. The summed E-state index contributed by atoms with van der Waals surface area (Å²) in [6.07, 6.45) is 0. The molecule has 0 bridgehead atoms. The number of hydrogen-bond donors (Lipinski definition) is 1. The van der Waals surface area contributed by atoms with Crippen LogP contribution in [0.4, 0.5) is 0 Å². The van der Waals surface area contributed by atoms with Crippen molar-refractivity contribution in [3.8, 4) is 0 Å². The van der Waals surface area contributed by atoms with Gasteiger partial charge in [0.15, 0.2) is 0 Å². The van der Waals surface area contributed by atoms with Crippen LogP contribution in [0.1, 0.15) is 24.3 Å². The number of oxazole rings is 1. The first kappa shape index (κ1) is 16.7. The van der Waals surface area contributed by atoms with Crippen LogP contribution in [0.3, 0.4) is 0 Å². The number of aromatic nitrogens is 1. The quantitative estimate of drug-likeness (QED) is 0.900. The molecule has 0 amide bonds. The lowest BCUT2D eigenvalue weighted by Gasteiger charge is -2.30. The number of piperazine rings is 1. The third kappa shape index (κ3) is 4.47. The molecule has 100 valence electrons. The molecule has 6 heteroatoms. The highest BCUT2D eigenvalue weighted by Crippen LogP contribution is 2.11. The summed E-state index contributed by atoms with van der Waals surface area (Å²) in [4.78, 5) is 6.78. The molecule has 0 radical (unpaired) electrons. The molecule has 1 aliphatic heterocycles. The zero-order valence-corrected chi connectivity index (χ0v) is 12.2. The molecule has 1 aliphatic rings. The van der Waals surface area contributed by atoms with Crippen LogP contribution in [0.15, 0.2) is 4.42 Å². The van der Waals surface area contributed by atoms with Crippen LogP contribution in [0, 0.1) is 13.8 Å². The van der Waals surface area contributed by atoms with Crippen LogP contribution in [-0.2, 0) is 6.54 Å². The number of hydrogen-bond acceptors (Lipinski definition) is 4. The molecule has 4 nitrogen and oxygen atoms in total. The zero-order chi connectivity index (χ0) is 10.8. The average Bonchev–Trinajstić information content (AvgIpc) is 2.45. The third-order valence-electron chi connectivity index (χ3n) is 2.88. The van der Waals surface area contributed by atoms with E-state index in [0.717, 1.165) is 43.5 Å². The molecule has 1 fully saturated rings. The second kappa shape index (κ2) is 7.21. The molecule has 2 heterocycles. The van der Waals surface area contributed by atoms with Gasteiger partial charge in [0, 0.05) is 25.7 Å². The summed E-state index contributed by atoms with van der Waals surface area (Å²) in [5.41, 5.74) is 1.01. The molecular weight excluding hydrogens is 261 g/mol. The van der Waals surface area contributed by atoms with Gasteiger partial charge in [0.1, 0.15) is 5.76 Å². The van der Waals surface area contributed by atoms with E-state index < -0.39 is 0 Å². The highest BCUT2D eigenvalue weighted by Gasteiger charge is 2.17. The number of nitrogens with zero attached hydrogens (tertiary/aromatic N) is 2.